The van der Waals surface area contributed by atoms with Crippen molar-refractivity contribution in [1.29, 1.82) is 0 Å². The third-order valence-corrected chi connectivity index (χ3v) is 15.9. The van der Waals surface area contributed by atoms with Gasteiger partial charge in [0.1, 0.15) is 0 Å². The molecule has 0 saturated heterocycles. The lowest BCUT2D eigenvalue weighted by Gasteiger charge is -2.37. The van der Waals surface area contributed by atoms with Gasteiger partial charge in [0.05, 0.1) is 11.4 Å². The lowest BCUT2D eigenvalue weighted by molar-refractivity contribution is 0.425. The van der Waals surface area contributed by atoms with Crippen LogP contribution in [0.5, 0.6) is 0 Å². The lowest BCUT2D eigenvalue weighted by atomic mass is 9.65. The highest BCUT2D eigenvalue weighted by molar-refractivity contribution is 6.02. The van der Waals surface area contributed by atoms with E-state index in [1.807, 2.05) is 0 Å². The Kier molecular flexibility index (Phi) is 9.82. The molecule has 6 aromatic rings. The summed E-state index contributed by atoms with van der Waals surface area (Å²) >= 11 is 0. The predicted octanol–water partition coefficient (Wildman–Crippen LogP) is 17.0. The van der Waals surface area contributed by atoms with Gasteiger partial charge < -0.3 is 4.90 Å². The second-order valence-corrected chi connectivity index (χ2v) is 20.5. The molecule has 1 aliphatic heterocycles. The third kappa shape index (κ3) is 5.92. The van der Waals surface area contributed by atoms with Crippen LogP contribution in [0.4, 0.5) is 17.1 Å². The van der Waals surface area contributed by atoms with Crippen LogP contribution in [0.2, 0.25) is 0 Å². The van der Waals surface area contributed by atoms with Gasteiger partial charge in [0.2, 0.25) is 0 Å². The Hall–Kier alpha value is -4.88. The largest absolute Gasteiger partial charge is 0.309 e. The van der Waals surface area contributed by atoms with Gasteiger partial charge in [0.15, 0.2) is 0 Å². The monoisotopic (exact) mass is 802 g/mol. The number of hydrogen-bond donors (Lipinski definition) is 0. The van der Waals surface area contributed by atoms with Gasteiger partial charge in [-0.25, -0.2) is 0 Å². The molecule has 3 aliphatic carbocycles. The first-order valence-electron chi connectivity index (χ1n) is 24.1. The van der Waals surface area contributed by atoms with Crippen LogP contribution < -0.4 is 4.90 Å². The third-order valence-electron chi connectivity index (χ3n) is 15.9. The number of unbranched alkanes of at least 4 members (excludes halogenated alkanes) is 3. The highest BCUT2D eigenvalue weighted by Gasteiger charge is 2.49. The molecule has 2 atom stereocenters. The van der Waals surface area contributed by atoms with Gasteiger partial charge >= 0.3 is 0 Å². The van der Waals surface area contributed by atoms with E-state index in [9.17, 15) is 0 Å². The van der Waals surface area contributed by atoms with Crippen LogP contribution in [0, 0.1) is 0 Å². The van der Waals surface area contributed by atoms with Crippen molar-refractivity contribution in [3.05, 3.63) is 159 Å². The van der Waals surface area contributed by atoms with Gasteiger partial charge in [-0.2, -0.15) is 0 Å². The molecule has 1 heteroatoms. The molecule has 2 unspecified atom stereocenters. The fourth-order valence-electron chi connectivity index (χ4n) is 12.5. The smallest absolute Gasteiger partial charge is 0.0546 e. The molecule has 4 aliphatic rings. The number of fused-ring (bicyclic) bond motifs is 13. The minimum atomic E-state index is -0.170. The maximum absolute atomic E-state index is 2.76. The van der Waals surface area contributed by atoms with Crippen LogP contribution in [0.1, 0.15) is 175 Å². The molecule has 61 heavy (non-hydrogen) atoms. The molecule has 0 radical (unpaired) electrons. The van der Waals surface area contributed by atoms with Gasteiger partial charge in [-0.3, -0.25) is 0 Å². The summed E-state index contributed by atoms with van der Waals surface area (Å²) in [5, 5.41) is 0. The number of nitrogens with zero attached hydrogens (tertiary/aromatic N) is 1. The second-order valence-electron chi connectivity index (χ2n) is 20.5. The van der Waals surface area contributed by atoms with Crippen LogP contribution >= 0.6 is 0 Å². The Morgan fingerprint density at radius 2 is 0.967 bits per heavy atom. The Balaban J connectivity index is 1.33. The Morgan fingerprint density at radius 1 is 0.443 bits per heavy atom. The lowest BCUT2D eigenvalue weighted by Crippen LogP contribution is -2.30. The normalized spacial score (nSPS) is 19.1. The molecule has 0 aromatic heterocycles. The van der Waals surface area contributed by atoms with Crippen LogP contribution in [0.3, 0.4) is 0 Å². The van der Waals surface area contributed by atoms with E-state index in [1.54, 1.807) is 0 Å². The molecule has 0 fully saturated rings. The molecular formula is C60H67N. The van der Waals surface area contributed by atoms with E-state index in [2.05, 4.69) is 170 Å². The second kappa shape index (κ2) is 14.9. The van der Waals surface area contributed by atoms with Crippen LogP contribution in [-0.4, -0.2) is 0 Å². The number of anilines is 3. The summed E-state index contributed by atoms with van der Waals surface area (Å²) in [4.78, 5) is 2.76. The van der Waals surface area contributed by atoms with Crippen molar-refractivity contribution in [2.75, 3.05) is 4.90 Å². The van der Waals surface area contributed by atoms with Gasteiger partial charge in [-0.15, -0.1) is 0 Å². The molecule has 0 N–H and O–H groups in total. The quantitative estimate of drug-likeness (QED) is 0.119. The van der Waals surface area contributed by atoms with Gasteiger partial charge in [-0.1, -0.05) is 167 Å². The van der Waals surface area contributed by atoms with Crippen molar-refractivity contribution in [1.82, 2.24) is 0 Å². The van der Waals surface area contributed by atoms with Gasteiger partial charge in [-0.05, 0) is 153 Å². The van der Waals surface area contributed by atoms with E-state index in [0.717, 1.165) is 32.1 Å². The molecule has 4 bridgehead atoms. The number of rotatable bonds is 12. The SMILES string of the molecule is CCCCc1ccc2c(c1)C(C)(C)c1cc(CCCC)cc(N3c4ccc5c(c4)C(C)(c4ccccc4-5)C(CCC)c4cc3c3c(c4)C(C)(C)c4cc(CCCC)ccc4-3)c1-2. The Morgan fingerprint density at radius 3 is 1.57 bits per heavy atom. The highest BCUT2D eigenvalue weighted by Crippen LogP contribution is 2.64. The molecule has 10 rings (SSSR count). The van der Waals surface area contributed by atoms with E-state index < -0.39 is 0 Å². The summed E-state index contributed by atoms with van der Waals surface area (Å²) in [6, 6.07) is 42.5. The number of benzene rings is 6. The first-order valence-corrected chi connectivity index (χ1v) is 24.1. The summed E-state index contributed by atoms with van der Waals surface area (Å²) in [5.74, 6) is 0.321. The summed E-state index contributed by atoms with van der Waals surface area (Å²) < 4.78 is 0. The zero-order valence-corrected chi connectivity index (χ0v) is 38.6. The predicted molar refractivity (Wildman–Crippen MR) is 262 cm³/mol. The molecule has 1 nitrogen and oxygen atoms in total. The average molecular weight is 802 g/mol. The molecule has 0 saturated carbocycles. The maximum atomic E-state index is 2.76. The van der Waals surface area contributed by atoms with Crippen molar-refractivity contribution < 1.29 is 0 Å². The van der Waals surface area contributed by atoms with Crippen LogP contribution in [-0.2, 0) is 35.5 Å². The van der Waals surface area contributed by atoms with E-state index in [-0.39, 0.29) is 16.2 Å². The highest BCUT2D eigenvalue weighted by atomic mass is 15.2. The fourth-order valence-corrected chi connectivity index (χ4v) is 12.5. The van der Waals surface area contributed by atoms with Crippen molar-refractivity contribution in [2.24, 2.45) is 0 Å². The summed E-state index contributed by atoms with van der Waals surface area (Å²) in [5.41, 5.74) is 26.8. The van der Waals surface area contributed by atoms with E-state index in [4.69, 9.17) is 0 Å². The Bertz CT molecular complexity index is 2700. The van der Waals surface area contributed by atoms with E-state index in [1.165, 1.54) is 145 Å². The zero-order valence-electron chi connectivity index (χ0n) is 38.6. The van der Waals surface area contributed by atoms with Crippen molar-refractivity contribution in [2.45, 2.75) is 155 Å². The zero-order chi connectivity index (χ0) is 42.4. The van der Waals surface area contributed by atoms with E-state index >= 15 is 0 Å². The molecule has 0 amide bonds. The molecule has 1 heterocycles. The Labute approximate surface area is 367 Å². The first-order chi connectivity index (χ1) is 29.5. The topological polar surface area (TPSA) is 3.24 Å². The van der Waals surface area contributed by atoms with Crippen molar-refractivity contribution >= 4 is 17.1 Å². The molecule has 0 spiro atoms. The average Bonchev–Trinajstić information content (AvgIpc) is 3.76. The first kappa shape index (κ1) is 40.2. The molecule has 6 aromatic carbocycles. The van der Waals surface area contributed by atoms with Gasteiger partial charge in [0.25, 0.3) is 0 Å². The minimum absolute atomic E-state index is 0.110. The summed E-state index contributed by atoms with van der Waals surface area (Å²) in [6.07, 6.45) is 12.9. The van der Waals surface area contributed by atoms with Crippen LogP contribution in [0.25, 0.3) is 33.4 Å². The summed E-state index contributed by atoms with van der Waals surface area (Å²) in [6.45, 7) is 21.9. The van der Waals surface area contributed by atoms with Crippen LogP contribution in [0.15, 0.2) is 103 Å². The molecule has 312 valence electrons. The number of hydrogen-bond acceptors (Lipinski definition) is 1. The molecular weight excluding hydrogens is 735 g/mol. The maximum Gasteiger partial charge on any atom is 0.0546 e. The van der Waals surface area contributed by atoms with Crippen molar-refractivity contribution in [3.8, 4) is 33.4 Å². The standard InChI is InChI=1S/C60H67N/c1-10-14-20-38-25-28-45-49(31-38)58(5,6)52-33-40(22-16-12-3)34-54(56(45)52)61-42-27-30-44-43-23-17-18-24-48(43)60(9,51(44)37-42)47(19-13-4)41-35-53-57(55(61)36-41)46-29-26-39(21-15-11-2)32-50(46)59(53,7)8/h17-18,23-37,47H,10-16,19-22H2,1-9H3. The summed E-state index contributed by atoms with van der Waals surface area (Å²) in [7, 11) is 0. The van der Waals surface area contributed by atoms with Crippen molar-refractivity contribution in [3.63, 3.8) is 0 Å². The number of aryl methyl sites for hydroxylation is 3. The fraction of sp³-hybridized carbons (Fsp3) is 0.400. The van der Waals surface area contributed by atoms with E-state index in [0.29, 0.717) is 5.92 Å². The van der Waals surface area contributed by atoms with Gasteiger partial charge in [0, 0.05) is 33.1 Å². The minimum Gasteiger partial charge on any atom is -0.309 e.